The second kappa shape index (κ2) is 2.95. The molecule has 0 atom stereocenters. The van der Waals surface area contributed by atoms with Crippen LogP contribution in [0, 0.1) is 6.92 Å². The van der Waals surface area contributed by atoms with Gasteiger partial charge in [0.1, 0.15) is 10.8 Å². The number of imidazole rings is 1. The molecule has 2 N–H and O–H groups in total. The first-order chi connectivity index (χ1) is 6.58. The molecule has 0 unspecified atom stereocenters. The number of aryl methyl sites for hydroxylation is 1. The Morgan fingerprint density at radius 1 is 1.64 bits per heavy atom. The number of amides is 1. The first-order valence-corrected chi connectivity index (χ1v) is 4.28. The maximum absolute atomic E-state index is 10.9. The lowest BCUT2D eigenvalue weighted by molar-refractivity contribution is 0.0996. The lowest BCUT2D eigenvalue weighted by atomic mass is 10.3. The van der Waals surface area contributed by atoms with E-state index in [0.29, 0.717) is 10.8 Å². The van der Waals surface area contributed by atoms with Crippen molar-refractivity contribution in [2.45, 2.75) is 6.92 Å². The molecule has 0 spiro atoms. The highest BCUT2D eigenvalue weighted by atomic mass is 35.5. The number of hydrogen-bond acceptors (Lipinski definition) is 3. The van der Waals surface area contributed by atoms with Crippen LogP contribution in [0.3, 0.4) is 0 Å². The van der Waals surface area contributed by atoms with Crippen molar-refractivity contribution < 1.29 is 4.79 Å². The van der Waals surface area contributed by atoms with Crippen molar-refractivity contribution in [2.75, 3.05) is 0 Å². The van der Waals surface area contributed by atoms with E-state index < -0.39 is 5.91 Å². The number of carbonyl (C=O) groups excluding carboxylic acids is 1. The molecule has 2 aromatic heterocycles. The lowest BCUT2D eigenvalue weighted by Crippen LogP contribution is -2.10. The molecule has 0 aliphatic heterocycles. The van der Waals surface area contributed by atoms with Crippen molar-refractivity contribution in [1.82, 2.24) is 14.6 Å². The lowest BCUT2D eigenvalue weighted by Gasteiger charge is -1.96. The van der Waals surface area contributed by atoms with Crippen LogP contribution in [0.25, 0.3) is 5.65 Å². The van der Waals surface area contributed by atoms with Gasteiger partial charge >= 0.3 is 0 Å². The molecule has 0 aliphatic carbocycles. The van der Waals surface area contributed by atoms with Crippen LogP contribution in [0.5, 0.6) is 0 Å². The largest absolute Gasteiger partial charge is 0.364 e. The van der Waals surface area contributed by atoms with Gasteiger partial charge in [0.2, 0.25) is 0 Å². The Balaban J connectivity index is 2.76. The predicted octanol–water partition coefficient (Wildman–Crippen LogP) is 0.790. The van der Waals surface area contributed by atoms with E-state index in [-0.39, 0.29) is 5.69 Å². The van der Waals surface area contributed by atoms with Crippen molar-refractivity contribution in [3.8, 4) is 0 Å². The average molecular weight is 211 g/mol. The van der Waals surface area contributed by atoms with Gasteiger partial charge in [0.05, 0.1) is 6.20 Å². The minimum absolute atomic E-state index is 0.183. The third-order valence-corrected chi connectivity index (χ3v) is 2.02. The fraction of sp³-hybridized carbons (Fsp3) is 0.125. The van der Waals surface area contributed by atoms with Crippen molar-refractivity contribution in [2.24, 2.45) is 5.73 Å². The molecule has 0 fully saturated rings. The predicted molar refractivity (Wildman–Crippen MR) is 51.3 cm³/mol. The standard InChI is InChI=1S/C8H7ClN4O/c1-4-2-6(9)12-13-3-5(7(10)14)11-8(4)13/h2-3H,1H3,(H2,10,14). The normalized spacial score (nSPS) is 10.7. The number of rotatable bonds is 1. The summed E-state index contributed by atoms with van der Waals surface area (Å²) in [5.41, 5.74) is 6.70. The SMILES string of the molecule is Cc1cc(Cl)nn2cc(C(N)=O)nc12. The van der Waals surface area contributed by atoms with Gasteiger partial charge in [0.15, 0.2) is 5.65 Å². The zero-order valence-corrected chi connectivity index (χ0v) is 8.12. The van der Waals surface area contributed by atoms with Crippen molar-refractivity contribution >= 4 is 23.2 Å². The van der Waals surface area contributed by atoms with Crippen LogP contribution in [0.15, 0.2) is 12.3 Å². The van der Waals surface area contributed by atoms with Crippen LogP contribution in [0.1, 0.15) is 16.1 Å². The molecule has 72 valence electrons. The second-order valence-electron chi connectivity index (χ2n) is 2.91. The van der Waals surface area contributed by atoms with E-state index in [2.05, 4.69) is 10.1 Å². The van der Waals surface area contributed by atoms with E-state index in [1.807, 2.05) is 6.92 Å². The molecule has 0 bridgehead atoms. The molecule has 0 aliphatic rings. The number of primary amides is 1. The van der Waals surface area contributed by atoms with Gasteiger partial charge in [-0.15, -0.1) is 0 Å². The minimum atomic E-state index is -0.578. The van der Waals surface area contributed by atoms with E-state index in [1.54, 1.807) is 6.07 Å². The summed E-state index contributed by atoms with van der Waals surface area (Å²) in [4.78, 5) is 14.9. The molecular weight excluding hydrogens is 204 g/mol. The number of nitrogens with zero attached hydrogens (tertiary/aromatic N) is 3. The summed E-state index contributed by atoms with van der Waals surface area (Å²) in [6.45, 7) is 1.83. The van der Waals surface area contributed by atoms with Crippen LogP contribution in [-0.2, 0) is 0 Å². The number of carbonyl (C=O) groups is 1. The first-order valence-electron chi connectivity index (χ1n) is 3.90. The Kier molecular flexibility index (Phi) is 1.89. The van der Waals surface area contributed by atoms with Crippen LogP contribution in [-0.4, -0.2) is 20.5 Å². The van der Waals surface area contributed by atoms with Gasteiger partial charge < -0.3 is 5.73 Å². The molecule has 0 aromatic carbocycles. The van der Waals surface area contributed by atoms with Gasteiger partial charge in [-0.25, -0.2) is 9.50 Å². The number of hydrogen-bond donors (Lipinski definition) is 1. The quantitative estimate of drug-likeness (QED) is 0.756. The van der Waals surface area contributed by atoms with Gasteiger partial charge in [-0.3, -0.25) is 4.79 Å². The molecule has 6 heteroatoms. The zero-order chi connectivity index (χ0) is 10.3. The van der Waals surface area contributed by atoms with E-state index in [4.69, 9.17) is 17.3 Å². The maximum atomic E-state index is 10.9. The summed E-state index contributed by atoms with van der Waals surface area (Å²) in [6.07, 6.45) is 1.45. The van der Waals surface area contributed by atoms with Crippen molar-refractivity contribution in [3.05, 3.63) is 28.7 Å². The van der Waals surface area contributed by atoms with Crippen LogP contribution < -0.4 is 5.73 Å². The molecule has 5 nitrogen and oxygen atoms in total. The summed E-state index contributed by atoms with van der Waals surface area (Å²) in [7, 11) is 0. The van der Waals surface area contributed by atoms with Gasteiger partial charge in [0.25, 0.3) is 5.91 Å². The van der Waals surface area contributed by atoms with Gasteiger partial charge in [-0.1, -0.05) is 11.6 Å². The zero-order valence-electron chi connectivity index (χ0n) is 7.36. The van der Waals surface area contributed by atoms with Crippen LogP contribution >= 0.6 is 11.6 Å². The third kappa shape index (κ3) is 1.31. The van der Waals surface area contributed by atoms with Gasteiger partial charge in [-0.2, -0.15) is 5.10 Å². The molecular formula is C8H7ClN4O. The molecule has 2 aromatic rings. The molecule has 0 saturated carbocycles. The summed E-state index contributed by atoms with van der Waals surface area (Å²) in [6, 6.07) is 1.68. The van der Waals surface area contributed by atoms with Crippen LogP contribution in [0.2, 0.25) is 5.15 Å². The Morgan fingerprint density at radius 2 is 2.36 bits per heavy atom. The number of fused-ring (bicyclic) bond motifs is 1. The Labute approximate surface area is 84.5 Å². The molecule has 2 heterocycles. The number of nitrogens with two attached hydrogens (primary N) is 1. The Hall–Kier alpha value is -1.62. The van der Waals surface area contributed by atoms with Crippen molar-refractivity contribution in [1.29, 1.82) is 0 Å². The maximum Gasteiger partial charge on any atom is 0.268 e. The Morgan fingerprint density at radius 3 is 3.00 bits per heavy atom. The van der Waals surface area contributed by atoms with Gasteiger partial charge in [0, 0.05) is 0 Å². The van der Waals surface area contributed by atoms with E-state index in [0.717, 1.165) is 5.56 Å². The van der Waals surface area contributed by atoms with E-state index in [9.17, 15) is 4.79 Å². The summed E-state index contributed by atoms with van der Waals surface area (Å²) in [5, 5.41) is 4.30. The molecule has 14 heavy (non-hydrogen) atoms. The highest BCUT2D eigenvalue weighted by Gasteiger charge is 2.09. The van der Waals surface area contributed by atoms with Crippen molar-refractivity contribution in [3.63, 3.8) is 0 Å². The van der Waals surface area contributed by atoms with Crippen LogP contribution in [0.4, 0.5) is 0 Å². The summed E-state index contributed by atoms with van der Waals surface area (Å²) in [5.74, 6) is -0.578. The second-order valence-corrected chi connectivity index (χ2v) is 3.30. The number of aromatic nitrogens is 3. The number of halogens is 1. The van der Waals surface area contributed by atoms with Gasteiger partial charge in [-0.05, 0) is 18.6 Å². The first kappa shape index (κ1) is 8.96. The highest BCUT2D eigenvalue weighted by Crippen LogP contribution is 2.13. The summed E-state index contributed by atoms with van der Waals surface area (Å²) < 4.78 is 1.44. The smallest absolute Gasteiger partial charge is 0.268 e. The summed E-state index contributed by atoms with van der Waals surface area (Å²) >= 11 is 5.74. The van der Waals surface area contributed by atoms with E-state index in [1.165, 1.54) is 10.7 Å². The molecule has 1 amide bonds. The molecule has 2 rings (SSSR count). The fourth-order valence-electron chi connectivity index (χ4n) is 1.21. The Bertz CT molecular complexity index is 519. The minimum Gasteiger partial charge on any atom is -0.364 e. The fourth-order valence-corrected chi connectivity index (χ4v) is 1.46. The van der Waals surface area contributed by atoms with E-state index >= 15 is 0 Å². The highest BCUT2D eigenvalue weighted by molar-refractivity contribution is 6.29. The third-order valence-electron chi connectivity index (χ3n) is 1.83. The monoisotopic (exact) mass is 210 g/mol. The topological polar surface area (TPSA) is 73.3 Å². The molecule has 0 radical (unpaired) electrons. The average Bonchev–Trinajstić information content (AvgIpc) is 2.47. The molecule has 0 saturated heterocycles.